The van der Waals surface area contributed by atoms with Crippen molar-refractivity contribution in [2.45, 2.75) is 6.42 Å². The molecule has 0 unspecified atom stereocenters. The Morgan fingerprint density at radius 3 is 3.04 bits per heavy atom. The van der Waals surface area contributed by atoms with Crippen LogP contribution in [0, 0.1) is 0 Å². The van der Waals surface area contributed by atoms with Crippen molar-refractivity contribution in [1.82, 2.24) is 9.55 Å². The van der Waals surface area contributed by atoms with E-state index >= 15 is 0 Å². The summed E-state index contributed by atoms with van der Waals surface area (Å²) in [6, 6.07) is 13.5. The first-order valence-electron chi connectivity index (χ1n) is 8.02. The van der Waals surface area contributed by atoms with Gasteiger partial charge in [0, 0.05) is 29.9 Å². The Bertz CT molecular complexity index is 933. The summed E-state index contributed by atoms with van der Waals surface area (Å²) < 4.78 is 13.1. The number of fused-ring (bicyclic) bond motifs is 1. The number of amides is 1. The Morgan fingerprint density at radius 2 is 2.16 bits per heavy atom. The zero-order valence-corrected chi connectivity index (χ0v) is 13.5. The van der Waals surface area contributed by atoms with Gasteiger partial charge < -0.3 is 15.2 Å². The highest BCUT2D eigenvalue weighted by Crippen LogP contribution is 2.33. The van der Waals surface area contributed by atoms with Gasteiger partial charge in [-0.1, -0.05) is 18.2 Å². The van der Waals surface area contributed by atoms with Crippen LogP contribution in [0.25, 0.3) is 17.1 Å². The third-order valence-corrected chi connectivity index (χ3v) is 4.09. The first-order valence-corrected chi connectivity index (χ1v) is 8.02. The molecule has 126 valence electrons. The van der Waals surface area contributed by atoms with Crippen molar-refractivity contribution in [1.29, 1.82) is 0 Å². The highest BCUT2D eigenvalue weighted by Gasteiger charge is 2.19. The lowest BCUT2D eigenvalue weighted by Crippen LogP contribution is -2.20. The third kappa shape index (κ3) is 2.94. The molecule has 6 heteroatoms. The number of imidazole rings is 1. The summed E-state index contributed by atoms with van der Waals surface area (Å²) in [6.07, 6.45) is 4.58. The maximum absolute atomic E-state index is 10.9. The second kappa shape index (κ2) is 6.32. The Kier molecular flexibility index (Phi) is 3.85. The number of aromatic nitrogens is 2. The molecule has 0 aliphatic carbocycles. The van der Waals surface area contributed by atoms with E-state index in [9.17, 15) is 4.79 Å². The Hall–Kier alpha value is -3.28. The summed E-state index contributed by atoms with van der Waals surface area (Å²) in [5, 5.41) is 0. The number of rotatable bonds is 5. The number of nitrogens with two attached hydrogens (primary N) is 1. The Labute approximate surface area is 144 Å². The van der Waals surface area contributed by atoms with Gasteiger partial charge in [-0.2, -0.15) is 0 Å². The summed E-state index contributed by atoms with van der Waals surface area (Å²) in [7, 11) is 0. The van der Waals surface area contributed by atoms with Crippen LogP contribution in [0.2, 0.25) is 0 Å². The molecular weight excluding hydrogens is 318 g/mol. The van der Waals surface area contributed by atoms with Crippen LogP contribution in [0.4, 0.5) is 0 Å². The van der Waals surface area contributed by atoms with E-state index in [2.05, 4.69) is 11.1 Å². The Morgan fingerprint density at radius 1 is 1.28 bits per heavy atom. The van der Waals surface area contributed by atoms with Crippen LogP contribution in [0.3, 0.4) is 0 Å². The van der Waals surface area contributed by atoms with Crippen LogP contribution in [0.15, 0.2) is 54.9 Å². The number of ether oxygens (including phenoxy) is 2. The molecule has 0 bridgehead atoms. The van der Waals surface area contributed by atoms with E-state index in [1.54, 1.807) is 12.3 Å². The normalized spacial score (nSPS) is 12.5. The molecule has 2 aromatic carbocycles. The van der Waals surface area contributed by atoms with Crippen molar-refractivity contribution >= 4 is 5.91 Å². The number of nitrogens with zero attached hydrogens (tertiary/aromatic N) is 2. The average molecular weight is 335 g/mol. The van der Waals surface area contributed by atoms with E-state index in [0.717, 1.165) is 29.2 Å². The van der Waals surface area contributed by atoms with Crippen molar-refractivity contribution in [3.8, 4) is 28.6 Å². The topological polar surface area (TPSA) is 79.4 Å². The van der Waals surface area contributed by atoms with Gasteiger partial charge in [-0.05, 0) is 24.3 Å². The standard InChI is InChI=1S/C19H17N3O3/c20-18(23)12-25-14-4-1-3-13(11-14)19-21-8-9-22(19)16-5-2-6-17-15(16)7-10-24-17/h1-6,8-9,11H,7,10,12H2,(H2,20,23). The second-order valence-electron chi connectivity index (χ2n) is 5.76. The van der Waals surface area contributed by atoms with E-state index in [-0.39, 0.29) is 6.61 Å². The van der Waals surface area contributed by atoms with Crippen molar-refractivity contribution in [2.75, 3.05) is 13.2 Å². The van der Waals surface area contributed by atoms with Crippen molar-refractivity contribution in [2.24, 2.45) is 5.73 Å². The summed E-state index contributed by atoms with van der Waals surface area (Å²) in [5.41, 5.74) is 8.27. The molecule has 25 heavy (non-hydrogen) atoms. The van der Waals surface area contributed by atoms with Crippen LogP contribution < -0.4 is 15.2 Å². The van der Waals surface area contributed by atoms with Gasteiger partial charge in [0.05, 0.1) is 12.3 Å². The van der Waals surface area contributed by atoms with Crippen LogP contribution >= 0.6 is 0 Å². The third-order valence-electron chi connectivity index (χ3n) is 4.09. The number of primary amides is 1. The molecule has 0 saturated carbocycles. The number of carbonyl (C=O) groups excluding carboxylic acids is 1. The molecule has 3 aromatic rings. The molecule has 2 heterocycles. The largest absolute Gasteiger partial charge is 0.493 e. The van der Waals surface area contributed by atoms with Gasteiger partial charge in [0.25, 0.3) is 5.91 Å². The van der Waals surface area contributed by atoms with Crippen LogP contribution in [0.5, 0.6) is 11.5 Å². The van der Waals surface area contributed by atoms with E-state index < -0.39 is 5.91 Å². The van der Waals surface area contributed by atoms with E-state index in [4.69, 9.17) is 15.2 Å². The van der Waals surface area contributed by atoms with E-state index in [0.29, 0.717) is 12.4 Å². The smallest absolute Gasteiger partial charge is 0.255 e. The lowest BCUT2D eigenvalue weighted by molar-refractivity contribution is -0.119. The molecule has 0 atom stereocenters. The minimum Gasteiger partial charge on any atom is -0.493 e. The summed E-state index contributed by atoms with van der Waals surface area (Å²) in [6.45, 7) is 0.550. The monoisotopic (exact) mass is 335 g/mol. The molecule has 1 aromatic heterocycles. The van der Waals surface area contributed by atoms with Crippen molar-refractivity contribution in [3.05, 3.63) is 60.4 Å². The highest BCUT2D eigenvalue weighted by molar-refractivity contribution is 5.75. The van der Waals surface area contributed by atoms with Crippen LogP contribution in [-0.4, -0.2) is 28.7 Å². The molecule has 4 rings (SSSR count). The zero-order valence-electron chi connectivity index (χ0n) is 13.5. The fourth-order valence-corrected chi connectivity index (χ4v) is 3.02. The van der Waals surface area contributed by atoms with Crippen molar-refractivity contribution in [3.63, 3.8) is 0 Å². The van der Waals surface area contributed by atoms with Gasteiger partial charge in [0.1, 0.15) is 17.3 Å². The first-order chi connectivity index (χ1) is 12.2. The average Bonchev–Trinajstić information content (AvgIpc) is 3.29. The second-order valence-corrected chi connectivity index (χ2v) is 5.76. The van der Waals surface area contributed by atoms with Gasteiger partial charge in [-0.3, -0.25) is 9.36 Å². The van der Waals surface area contributed by atoms with Crippen molar-refractivity contribution < 1.29 is 14.3 Å². The number of benzene rings is 2. The molecule has 1 aliphatic heterocycles. The van der Waals surface area contributed by atoms with E-state index in [1.165, 1.54) is 5.56 Å². The maximum atomic E-state index is 10.9. The summed E-state index contributed by atoms with van der Waals surface area (Å²) >= 11 is 0. The lowest BCUT2D eigenvalue weighted by atomic mass is 10.1. The summed E-state index contributed by atoms with van der Waals surface area (Å²) in [5.74, 6) is 1.79. The fraction of sp³-hybridized carbons (Fsp3) is 0.158. The molecule has 2 N–H and O–H groups in total. The van der Waals surface area contributed by atoms with Gasteiger partial charge in [0.15, 0.2) is 6.61 Å². The molecule has 1 aliphatic rings. The summed E-state index contributed by atoms with van der Waals surface area (Å²) in [4.78, 5) is 15.4. The van der Waals surface area contributed by atoms with Gasteiger partial charge in [0.2, 0.25) is 0 Å². The van der Waals surface area contributed by atoms with E-state index in [1.807, 2.05) is 41.1 Å². The maximum Gasteiger partial charge on any atom is 0.255 e. The van der Waals surface area contributed by atoms with Gasteiger partial charge >= 0.3 is 0 Å². The molecule has 0 fully saturated rings. The zero-order chi connectivity index (χ0) is 17.2. The number of carbonyl (C=O) groups is 1. The molecular formula is C19H17N3O3. The number of hydrogen-bond donors (Lipinski definition) is 1. The minimum atomic E-state index is -0.508. The predicted octanol–water partition coefficient (Wildman–Crippen LogP) is 2.34. The molecule has 0 radical (unpaired) electrons. The minimum absolute atomic E-state index is 0.151. The van der Waals surface area contributed by atoms with Gasteiger partial charge in [-0.25, -0.2) is 4.98 Å². The quantitative estimate of drug-likeness (QED) is 0.776. The molecule has 6 nitrogen and oxygen atoms in total. The molecule has 1 amide bonds. The SMILES string of the molecule is NC(=O)COc1cccc(-c2nccn2-c2cccc3c2CCO3)c1. The Balaban J connectivity index is 1.72. The van der Waals surface area contributed by atoms with Gasteiger partial charge in [-0.15, -0.1) is 0 Å². The fourth-order valence-electron chi connectivity index (χ4n) is 3.02. The van der Waals surface area contributed by atoms with Crippen LogP contribution in [-0.2, 0) is 11.2 Å². The predicted molar refractivity (Wildman–Crippen MR) is 92.9 cm³/mol. The highest BCUT2D eigenvalue weighted by atomic mass is 16.5. The molecule has 0 saturated heterocycles. The van der Waals surface area contributed by atoms with Crippen LogP contribution in [0.1, 0.15) is 5.56 Å². The lowest BCUT2D eigenvalue weighted by Gasteiger charge is -2.12. The first kappa shape index (κ1) is 15.3. The number of hydrogen-bond acceptors (Lipinski definition) is 4. The molecule has 0 spiro atoms.